The second-order valence-electron chi connectivity index (χ2n) is 3.78. The number of hydrogen-bond donors (Lipinski definition) is 0. The zero-order valence-corrected chi connectivity index (χ0v) is 11.8. The molecular weight excluding hydrogens is 346 g/mol. The minimum atomic E-state index is -1.55. The Morgan fingerprint density at radius 1 is 1.18 bits per heavy atom. The van der Waals surface area contributed by atoms with E-state index in [0.29, 0.717) is 0 Å². The second-order valence-corrected chi connectivity index (χ2v) is 5.22. The Balaban J connectivity index is 2.86. The van der Waals surface area contributed by atoms with Gasteiger partial charge in [0.05, 0.1) is 6.10 Å². The second kappa shape index (κ2) is 5.94. The van der Waals surface area contributed by atoms with Gasteiger partial charge in [-0.25, -0.2) is 4.39 Å². The standard InChI is InChI=1S/C10H14FIO5/c1-4-8(16-5(2)13)9(17-6(3)14)7(12)10(11)15-4/h4,7-10H,1-3H3/t4-,7-,8-,9-,10-/m0/s1. The minimum Gasteiger partial charge on any atom is -0.457 e. The van der Waals surface area contributed by atoms with Crippen LogP contribution in [0.15, 0.2) is 0 Å². The lowest BCUT2D eigenvalue weighted by atomic mass is 10.0. The molecule has 1 aliphatic rings. The van der Waals surface area contributed by atoms with Crippen molar-refractivity contribution in [3.8, 4) is 0 Å². The number of carbonyl (C=O) groups excluding carboxylic acids is 2. The zero-order valence-electron chi connectivity index (χ0n) is 9.68. The minimum absolute atomic E-state index is 0.525. The number of ether oxygens (including phenoxy) is 3. The van der Waals surface area contributed by atoms with Gasteiger partial charge < -0.3 is 14.2 Å². The van der Waals surface area contributed by atoms with Crippen molar-refractivity contribution in [3.05, 3.63) is 0 Å². The Kier molecular flexibility index (Phi) is 5.11. The molecule has 7 heteroatoms. The first-order chi connectivity index (χ1) is 7.82. The topological polar surface area (TPSA) is 61.8 Å². The molecule has 0 radical (unpaired) electrons. The number of alkyl halides is 2. The molecule has 1 rings (SSSR count). The van der Waals surface area contributed by atoms with Gasteiger partial charge in [0.2, 0.25) is 6.36 Å². The van der Waals surface area contributed by atoms with Crippen LogP contribution in [0.4, 0.5) is 4.39 Å². The van der Waals surface area contributed by atoms with E-state index in [9.17, 15) is 14.0 Å². The zero-order chi connectivity index (χ0) is 13.2. The summed E-state index contributed by atoms with van der Waals surface area (Å²) >= 11 is 1.78. The molecule has 5 nitrogen and oxygen atoms in total. The fourth-order valence-corrected chi connectivity index (χ4v) is 2.36. The van der Waals surface area contributed by atoms with Crippen LogP contribution in [0.1, 0.15) is 20.8 Å². The van der Waals surface area contributed by atoms with E-state index in [0.717, 1.165) is 0 Å². The number of halogens is 2. The third-order valence-corrected chi connectivity index (χ3v) is 3.57. The molecule has 1 saturated heterocycles. The van der Waals surface area contributed by atoms with Gasteiger partial charge in [0.15, 0.2) is 12.2 Å². The molecule has 0 aromatic carbocycles. The van der Waals surface area contributed by atoms with Crippen LogP contribution < -0.4 is 0 Å². The van der Waals surface area contributed by atoms with Crippen molar-refractivity contribution in [2.75, 3.05) is 0 Å². The fourth-order valence-electron chi connectivity index (χ4n) is 1.63. The largest absolute Gasteiger partial charge is 0.457 e. The lowest BCUT2D eigenvalue weighted by molar-refractivity contribution is -0.217. The third-order valence-electron chi connectivity index (χ3n) is 2.30. The summed E-state index contributed by atoms with van der Waals surface area (Å²) < 4.78 is 27.8. The van der Waals surface area contributed by atoms with Crippen LogP contribution in [0.5, 0.6) is 0 Å². The maximum Gasteiger partial charge on any atom is 0.303 e. The van der Waals surface area contributed by atoms with Crippen LogP contribution in [-0.2, 0) is 23.8 Å². The van der Waals surface area contributed by atoms with E-state index in [2.05, 4.69) is 0 Å². The number of rotatable bonds is 2. The van der Waals surface area contributed by atoms with E-state index in [1.807, 2.05) is 0 Å². The van der Waals surface area contributed by atoms with Crippen LogP contribution in [0.25, 0.3) is 0 Å². The highest BCUT2D eigenvalue weighted by atomic mass is 127. The summed E-state index contributed by atoms with van der Waals surface area (Å²) in [5, 5.41) is 0. The first-order valence-electron chi connectivity index (χ1n) is 5.11. The summed E-state index contributed by atoms with van der Waals surface area (Å²) in [4.78, 5) is 21.9. The number of carbonyl (C=O) groups is 2. The molecule has 0 N–H and O–H groups in total. The summed E-state index contributed by atoms with van der Waals surface area (Å²) in [6.45, 7) is 4.03. The molecule has 17 heavy (non-hydrogen) atoms. The molecule has 0 unspecified atom stereocenters. The van der Waals surface area contributed by atoms with Crippen molar-refractivity contribution in [2.24, 2.45) is 0 Å². The van der Waals surface area contributed by atoms with E-state index in [1.165, 1.54) is 13.8 Å². The molecule has 98 valence electrons. The molecule has 0 aliphatic carbocycles. The smallest absolute Gasteiger partial charge is 0.303 e. The lowest BCUT2D eigenvalue weighted by Gasteiger charge is -2.39. The van der Waals surface area contributed by atoms with E-state index in [4.69, 9.17) is 14.2 Å². The van der Waals surface area contributed by atoms with E-state index >= 15 is 0 Å². The summed E-state index contributed by atoms with van der Waals surface area (Å²) in [6.07, 6.45) is -3.84. The molecule has 0 bridgehead atoms. The fraction of sp³-hybridized carbons (Fsp3) is 0.800. The Morgan fingerprint density at radius 3 is 2.12 bits per heavy atom. The average molecular weight is 360 g/mol. The van der Waals surface area contributed by atoms with Gasteiger partial charge in [-0.1, -0.05) is 22.6 Å². The summed E-state index contributed by atoms with van der Waals surface area (Å²) in [5.41, 5.74) is 0. The van der Waals surface area contributed by atoms with Crippen LogP contribution in [0.3, 0.4) is 0 Å². The first kappa shape index (κ1) is 14.6. The van der Waals surface area contributed by atoms with Crippen molar-refractivity contribution < 1.29 is 28.2 Å². The molecule has 1 aliphatic heterocycles. The van der Waals surface area contributed by atoms with Gasteiger partial charge in [0, 0.05) is 13.8 Å². The van der Waals surface area contributed by atoms with Crippen molar-refractivity contribution in [1.82, 2.24) is 0 Å². The van der Waals surface area contributed by atoms with Crippen LogP contribution in [-0.4, -0.2) is 40.5 Å². The monoisotopic (exact) mass is 360 g/mol. The molecule has 0 aromatic rings. The van der Waals surface area contributed by atoms with Gasteiger partial charge in [-0.05, 0) is 6.92 Å². The predicted octanol–water partition coefficient (Wildman–Crippen LogP) is 1.37. The van der Waals surface area contributed by atoms with Gasteiger partial charge in [0.1, 0.15) is 3.92 Å². The quantitative estimate of drug-likeness (QED) is 0.423. The van der Waals surface area contributed by atoms with E-state index in [-0.39, 0.29) is 0 Å². The highest BCUT2D eigenvalue weighted by Gasteiger charge is 2.47. The van der Waals surface area contributed by atoms with Gasteiger partial charge in [-0.3, -0.25) is 9.59 Å². The lowest BCUT2D eigenvalue weighted by Crippen LogP contribution is -2.56. The Morgan fingerprint density at radius 2 is 1.65 bits per heavy atom. The molecule has 5 atom stereocenters. The van der Waals surface area contributed by atoms with Crippen molar-refractivity contribution in [3.63, 3.8) is 0 Å². The maximum absolute atomic E-state index is 13.5. The Bertz CT molecular complexity index is 311. The number of esters is 2. The van der Waals surface area contributed by atoms with Gasteiger partial charge >= 0.3 is 11.9 Å². The van der Waals surface area contributed by atoms with Gasteiger partial charge in [-0.2, -0.15) is 0 Å². The molecule has 0 spiro atoms. The predicted molar refractivity (Wildman–Crippen MR) is 64.4 cm³/mol. The molecular formula is C10H14FIO5. The van der Waals surface area contributed by atoms with E-state index in [1.54, 1.807) is 29.5 Å². The van der Waals surface area contributed by atoms with Crippen LogP contribution in [0, 0.1) is 0 Å². The molecule has 0 saturated carbocycles. The molecule has 0 amide bonds. The van der Waals surface area contributed by atoms with Crippen molar-refractivity contribution in [2.45, 2.75) is 49.4 Å². The van der Waals surface area contributed by atoms with Gasteiger partial charge in [0.25, 0.3) is 0 Å². The molecule has 1 fully saturated rings. The average Bonchev–Trinajstić information content (AvgIpc) is 2.19. The summed E-state index contributed by atoms with van der Waals surface area (Å²) in [6, 6.07) is 0. The Labute approximate surface area is 112 Å². The molecule has 0 aromatic heterocycles. The normalized spacial score (nSPS) is 37.4. The van der Waals surface area contributed by atoms with Crippen molar-refractivity contribution in [1.29, 1.82) is 0 Å². The van der Waals surface area contributed by atoms with E-state index < -0.39 is 40.5 Å². The number of hydrogen-bond acceptors (Lipinski definition) is 5. The van der Waals surface area contributed by atoms with Crippen LogP contribution in [0.2, 0.25) is 0 Å². The molecule has 1 heterocycles. The highest BCUT2D eigenvalue weighted by Crippen LogP contribution is 2.31. The van der Waals surface area contributed by atoms with Crippen LogP contribution >= 0.6 is 22.6 Å². The first-order valence-corrected chi connectivity index (χ1v) is 6.35. The highest BCUT2D eigenvalue weighted by molar-refractivity contribution is 14.1. The Hall–Kier alpha value is -0.440. The van der Waals surface area contributed by atoms with Crippen molar-refractivity contribution >= 4 is 34.5 Å². The van der Waals surface area contributed by atoms with Gasteiger partial charge in [-0.15, -0.1) is 0 Å². The maximum atomic E-state index is 13.5. The summed E-state index contributed by atoms with van der Waals surface area (Å²) in [5.74, 6) is -1.07. The SMILES string of the molecule is CC(=O)O[C@@H]1[C@@H](OC(C)=O)[C@H](I)[C@@H](F)O[C@H]1C. The third kappa shape index (κ3) is 3.77. The summed E-state index contributed by atoms with van der Waals surface area (Å²) in [7, 11) is 0.